The van der Waals surface area contributed by atoms with Gasteiger partial charge in [-0.05, 0) is 55.5 Å². The Morgan fingerprint density at radius 1 is 0.900 bits per heavy atom. The van der Waals surface area contributed by atoms with Gasteiger partial charge in [0.15, 0.2) is 0 Å². The highest BCUT2D eigenvalue weighted by Crippen LogP contribution is 2.37. The van der Waals surface area contributed by atoms with Crippen LogP contribution in [0.25, 0.3) is 22.4 Å². The molecule has 1 aromatic heterocycles. The van der Waals surface area contributed by atoms with Gasteiger partial charge >= 0.3 is 0 Å². The van der Waals surface area contributed by atoms with Gasteiger partial charge in [-0.1, -0.05) is 89.6 Å². The van der Waals surface area contributed by atoms with Crippen molar-refractivity contribution in [1.29, 1.82) is 5.26 Å². The zero-order valence-corrected chi connectivity index (χ0v) is 23.2. The third-order valence-corrected chi connectivity index (χ3v) is 7.37. The minimum absolute atomic E-state index is 0.0727. The maximum Gasteiger partial charge on any atom is 0.234 e. The molecule has 0 saturated heterocycles. The van der Waals surface area contributed by atoms with Gasteiger partial charge in [-0.3, -0.25) is 4.79 Å². The van der Waals surface area contributed by atoms with E-state index in [0.29, 0.717) is 38.3 Å². The summed E-state index contributed by atoms with van der Waals surface area (Å²) in [5, 5.41) is 14.0. The number of hydrogen-bond donors (Lipinski definition) is 1. The number of aromatic nitrogens is 1. The number of pyridine rings is 1. The lowest BCUT2D eigenvalue weighted by molar-refractivity contribution is -0.113. The largest absolute Gasteiger partial charge is 0.457 e. The molecule has 0 atom stereocenters. The molecule has 196 valence electrons. The number of rotatable bonds is 8. The monoisotopic (exact) mass is 561 g/mol. The fraction of sp³-hybridized carbons (Fsp3) is 0.0606. The molecule has 0 aliphatic rings. The highest BCUT2D eigenvalue weighted by Gasteiger charge is 2.18. The van der Waals surface area contributed by atoms with Gasteiger partial charge in [-0.15, -0.1) is 0 Å². The van der Waals surface area contributed by atoms with Crippen LogP contribution in [0.2, 0.25) is 5.02 Å². The molecule has 1 amide bonds. The Labute approximate surface area is 242 Å². The number of hydrogen-bond acceptors (Lipinski definition) is 5. The summed E-state index contributed by atoms with van der Waals surface area (Å²) in [6, 6.07) is 36.2. The first kappa shape index (κ1) is 27.0. The number of nitriles is 1. The SMILES string of the molecule is Cc1ccc(-c2cc(-c3ccccc3Cl)c(C#N)c(SCC(=O)Nc3ccc(Oc4ccccc4)cc3)n2)cc1. The lowest BCUT2D eigenvalue weighted by atomic mass is 9.99. The predicted molar refractivity (Wildman–Crippen MR) is 162 cm³/mol. The lowest BCUT2D eigenvalue weighted by Crippen LogP contribution is -2.14. The molecule has 1 N–H and O–H groups in total. The molecule has 4 aromatic carbocycles. The summed E-state index contributed by atoms with van der Waals surface area (Å²) in [7, 11) is 0. The molecule has 5 rings (SSSR count). The normalized spacial score (nSPS) is 10.5. The standard InChI is InChI=1S/C33H24ClN3O2S/c1-22-11-13-23(14-12-22)31-19-28(27-9-5-6-10-30(27)34)29(20-35)33(37-31)40-21-32(38)36-24-15-17-26(18-16-24)39-25-7-3-2-4-8-25/h2-19H,21H2,1H3,(H,36,38). The number of amides is 1. The average molecular weight is 562 g/mol. The van der Waals surface area contributed by atoms with E-state index in [2.05, 4.69) is 11.4 Å². The van der Waals surface area contributed by atoms with Crippen LogP contribution in [-0.2, 0) is 4.79 Å². The minimum atomic E-state index is -0.215. The van der Waals surface area contributed by atoms with Gasteiger partial charge in [0, 0.05) is 27.4 Å². The van der Waals surface area contributed by atoms with Crippen LogP contribution >= 0.6 is 23.4 Å². The van der Waals surface area contributed by atoms with Gasteiger partial charge in [0.25, 0.3) is 0 Å². The number of aryl methyl sites for hydroxylation is 1. The van der Waals surface area contributed by atoms with E-state index < -0.39 is 0 Å². The Morgan fingerprint density at radius 2 is 1.57 bits per heavy atom. The summed E-state index contributed by atoms with van der Waals surface area (Å²) in [5.74, 6) is 1.26. The molecule has 0 fully saturated rings. The van der Waals surface area contributed by atoms with Gasteiger partial charge in [0.1, 0.15) is 22.6 Å². The number of benzene rings is 4. The van der Waals surface area contributed by atoms with Crippen molar-refractivity contribution in [3.63, 3.8) is 0 Å². The van der Waals surface area contributed by atoms with E-state index in [-0.39, 0.29) is 11.7 Å². The van der Waals surface area contributed by atoms with Crippen molar-refractivity contribution in [2.75, 3.05) is 11.1 Å². The summed E-state index contributed by atoms with van der Waals surface area (Å²) in [4.78, 5) is 17.7. The molecule has 0 aliphatic carbocycles. The first-order valence-electron chi connectivity index (χ1n) is 12.5. The number of nitrogens with zero attached hydrogens (tertiary/aromatic N) is 2. The van der Waals surface area contributed by atoms with Gasteiger partial charge in [0.2, 0.25) is 5.91 Å². The third-order valence-electron chi connectivity index (χ3n) is 6.07. The molecule has 0 saturated carbocycles. The molecule has 40 heavy (non-hydrogen) atoms. The zero-order chi connectivity index (χ0) is 27.9. The van der Waals surface area contributed by atoms with Crippen molar-refractivity contribution in [2.45, 2.75) is 11.9 Å². The minimum Gasteiger partial charge on any atom is -0.457 e. The molecule has 1 heterocycles. The number of thioether (sulfide) groups is 1. The maximum absolute atomic E-state index is 12.9. The lowest BCUT2D eigenvalue weighted by Gasteiger charge is -2.14. The Hall–Kier alpha value is -4.57. The van der Waals surface area contributed by atoms with Gasteiger partial charge in [0.05, 0.1) is 17.0 Å². The molecule has 7 heteroatoms. The summed E-state index contributed by atoms with van der Waals surface area (Å²) in [6.07, 6.45) is 0. The van der Waals surface area contributed by atoms with Crippen LogP contribution in [0.15, 0.2) is 114 Å². The van der Waals surface area contributed by atoms with E-state index >= 15 is 0 Å². The smallest absolute Gasteiger partial charge is 0.234 e. The fourth-order valence-electron chi connectivity index (χ4n) is 4.06. The molecule has 0 spiro atoms. The van der Waals surface area contributed by atoms with E-state index in [1.807, 2.05) is 85.8 Å². The Kier molecular flexibility index (Phi) is 8.46. The molecule has 5 aromatic rings. The summed E-state index contributed by atoms with van der Waals surface area (Å²) in [5.41, 5.74) is 5.18. The van der Waals surface area contributed by atoms with Crippen molar-refractivity contribution >= 4 is 35.0 Å². The third kappa shape index (κ3) is 6.52. The van der Waals surface area contributed by atoms with Crippen LogP contribution in [0.3, 0.4) is 0 Å². The van der Waals surface area contributed by atoms with Gasteiger partial charge in [-0.25, -0.2) is 4.98 Å². The Morgan fingerprint density at radius 3 is 2.27 bits per heavy atom. The van der Waals surface area contributed by atoms with Gasteiger partial charge in [-0.2, -0.15) is 5.26 Å². The van der Waals surface area contributed by atoms with Crippen molar-refractivity contribution < 1.29 is 9.53 Å². The molecular formula is C33H24ClN3O2S. The zero-order valence-electron chi connectivity index (χ0n) is 21.6. The second-order valence-corrected chi connectivity index (χ2v) is 10.3. The fourth-order valence-corrected chi connectivity index (χ4v) is 5.10. The molecule has 0 aliphatic heterocycles. The van der Waals surface area contributed by atoms with Crippen LogP contribution in [0.1, 0.15) is 11.1 Å². The molecule has 0 radical (unpaired) electrons. The Bertz CT molecular complexity index is 1680. The van der Waals surface area contributed by atoms with E-state index in [0.717, 1.165) is 22.4 Å². The summed E-state index contributed by atoms with van der Waals surface area (Å²) in [6.45, 7) is 2.02. The van der Waals surface area contributed by atoms with Crippen molar-refractivity contribution in [1.82, 2.24) is 4.98 Å². The van der Waals surface area contributed by atoms with E-state index in [1.54, 1.807) is 30.3 Å². The first-order chi connectivity index (χ1) is 19.5. The number of halogens is 1. The van der Waals surface area contributed by atoms with Crippen LogP contribution < -0.4 is 10.1 Å². The number of nitrogens with one attached hydrogen (secondary N) is 1. The van der Waals surface area contributed by atoms with Crippen LogP contribution in [-0.4, -0.2) is 16.6 Å². The van der Waals surface area contributed by atoms with Crippen LogP contribution in [0.4, 0.5) is 5.69 Å². The van der Waals surface area contributed by atoms with Crippen LogP contribution in [0, 0.1) is 18.3 Å². The molecule has 5 nitrogen and oxygen atoms in total. The average Bonchev–Trinajstić information content (AvgIpc) is 2.98. The number of carbonyl (C=O) groups is 1. The first-order valence-corrected chi connectivity index (χ1v) is 13.9. The van der Waals surface area contributed by atoms with Crippen molar-refractivity contribution in [2.24, 2.45) is 0 Å². The maximum atomic E-state index is 12.9. The molecular weight excluding hydrogens is 538 g/mol. The number of ether oxygens (including phenoxy) is 1. The Balaban J connectivity index is 1.36. The highest BCUT2D eigenvalue weighted by atomic mass is 35.5. The second kappa shape index (κ2) is 12.5. The van der Waals surface area contributed by atoms with Gasteiger partial charge < -0.3 is 10.1 Å². The second-order valence-electron chi connectivity index (χ2n) is 8.97. The summed E-state index contributed by atoms with van der Waals surface area (Å²) >= 11 is 7.74. The molecule has 0 bridgehead atoms. The van der Waals surface area contributed by atoms with Crippen molar-refractivity contribution in [3.8, 4) is 40.0 Å². The summed E-state index contributed by atoms with van der Waals surface area (Å²) < 4.78 is 5.81. The quantitative estimate of drug-likeness (QED) is 0.192. The van der Waals surface area contributed by atoms with E-state index in [9.17, 15) is 10.1 Å². The number of carbonyl (C=O) groups excluding carboxylic acids is 1. The number of para-hydroxylation sites is 1. The number of anilines is 1. The van der Waals surface area contributed by atoms with Crippen molar-refractivity contribution in [3.05, 3.63) is 125 Å². The topological polar surface area (TPSA) is 75.0 Å². The van der Waals surface area contributed by atoms with E-state index in [4.69, 9.17) is 21.3 Å². The highest BCUT2D eigenvalue weighted by molar-refractivity contribution is 8.00. The van der Waals surface area contributed by atoms with Crippen LogP contribution in [0.5, 0.6) is 11.5 Å². The predicted octanol–water partition coefficient (Wildman–Crippen LogP) is 8.77. The van der Waals surface area contributed by atoms with E-state index in [1.165, 1.54) is 11.8 Å². The molecule has 0 unspecified atom stereocenters.